The van der Waals surface area contributed by atoms with Crippen LogP contribution in [-0.2, 0) is 72.8 Å². The van der Waals surface area contributed by atoms with Crippen molar-refractivity contribution in [3.05, 3.63) is 197 Å². The first-order chi connectivity index (χ1) is 62.4. The SMILES string of the molecule is Cl.NC1CCOC1.O=C(NC1CCOC1)c1ccc(COc2nn3c(-c4cc(CO)on4)nnc3c3ccccc23)nc1.O=C(NC1CCOC1)c1ccc(COc2nn3c(-c4cc(COC5CCCCO5)on4)nnc3c3ccccc23)nc1.O=C(O)c1ccc(COc2nn3c(-c4cc(COC5CCCCO5)on4)nnc3c3ccccc23)nc1.[2HH].[2H][2H].[2H][2H].[2H][2H]. The molecule has 0 aliphatic carbocycles. The van der Waals surface area contributed by atoms with Gasteiger partial charge in [-0.25, -0.2) is 4.79 Å². The van der Waals surface area contributed by atoms with Gasteiger partial charge in [0, 0.05) is 119 Å². The van der Waals surface area contributed by atoms with Crippen LogP contribution in [0.2, 0.25) is 0 Å². The minimum Gasteiger partial charge on any atom is -0.478 e. The van der Waals surface area contributed by atoms with E-state index in [0.717, 1.165) is 103 Å². The van der Waals surface area contributed by atoms with Crippen molar-refractivity contribution in [3.63, 3.8) is 0 Å². The number of pyridine rings is 3. The molecule has 2 amide bonds. The summed E-state index contributed by atoms with van der Waals surface area (Å²) in [4.78, 5) is 49.0. The molecule has 0 bridgehead atoms. The van der Waals surface area contributed by atoms with E-state index >= 15 is 0 Å². The highest BCUT2D eigenvalue weighted by molar-refractivity contribution is 5.99. The number of hydrogen-bond acceptors (Lipinski definition) is 33. The van der Waals surface area contributed by atoms with Gasteiger partial charge in [-0.15, -0.1) is 58.3 Å². The molecule has 638 valence electrons. The highest BCUT2D eigenvalue weighted by Gasteiger charge is 2.27. The van der Waals surface area contributed by atoms with Crippen LogP contribution in [0.1, 0.15) is 134 Å². The molecule has 5 unspecified atom stereocenters. The first-order valence-electron chi connectivity index (χ1n) is 42.4. The molecule has 5 atom stereocenters. The highest BCUT2D eigenvalue weighted by atomic mass is 35.5. The van der Waals surface area contributed by atoms with Crippen LogP contribution in [0.5, 0.6) is 17.6 Å². The molecule has 5 fully saturated rings. The van der Waals surface area contributed by atoms with Crippen molar-refractivity contribution in [2.24, 2.45) is 5.73 Å². The molecule has 122 heavy (non-hydrogen) atoms. The maximum absolute atomic E-state index is 12.5. The number of amides is 2. The number of carboxylic acid groups (broad SMARTS) is 1. The number of nitrogens with two attached hydrogens (primary N) is 1. The lowest BCUT2D eigenvalue weighted by Crippen LogP contribution is -2.35. The first kappa shape index (κ1) is 78.7. The Morgan fingerprint density at radius 3 is 1.15 bits per heavy atom. The maximum atomic E-state index is 12.5. The molecule has 39 nitrogen and oxygen atoms in total. The van der Waals surface area contributed by atoms with Crippen molar-refractivity contribution in [1.29, 1.82) is 0 Å². The number of nitrogens with zero attached hydrogens (tertiary/aromatic N) is 18. The first-order valence-corrected chi connectivity index (χ1v) is 39.4. The molecule has 5 aliphatic rings. The van der Waals surface area contributed by atoms with E-state index in [1.807, 2.05) is 72.8 Å². The summed E-state index contributed by atoms with van der Waals surface area (Å²) < 4.78 is 107. The fraction of sp³-hybridized carbons (Fsp3) is 0.341. The van der Waals surface area contributed by atoms with Gasteiger partial charge < -0.3 is 87.5 Å². The van der Waals surface area contributed by atoms with E-state index in [-0.39, 0.29) is 95.5 Å². The zero-order chi connectivity index (χ0) is 88.4. The van der Waals surface area contributed by atoms with E-state index in [1.54, 1.807) is 63.8 Å². The fourth-order valence-electron chi connectivity index (χ4n) is 13.7. The van der Waals surface area contributed by atoms with Gasteiger partial charge in [-0.2, -0.15) is 13.5 Å². The van der Waals surface area contributed by atoms with Crippen molar-refractivity contribution >= 4 is 79.4 Å². The number of carbonyl (C=O) groups is 3. The summed E-state index contributed by atoms with van der Waals surface area (Å²) in [5, 5.41) is 81.1. The van der Waals surface area contributed by atoms with Crippen LogP contribution in [0, 0.1) is 0 Å². The van der Waals surface area contributed by atoms with Gasteiger partial charge in [0.05, 0.1) is 65.7 Å². The summed E-state index contributed by atoms with van der Waals surface area (Å²) in [7, 11) is 0. The Kier molecular flexibility index (Phi) is 25.1. The van der Waals surface area contributed by atoms with Crippen molar-refractivity contribution in [2.45, 2.75) is 128 Å². The number of carboxylic acids is 1. The molecule has 17 heterocycles. The van der Waals surface area contributed by atoms with Crippen LogP contribution in [0.4, 0.5) is 0 Å². The predicted molar refractivity (Wildman–Crippen MR) is 439 cm³/mol. The average Bonchev–Trinajstić information content (AvgIpc) is 1.63. The number of aromatic carboxylic acids is 1. The number of fused-ring (bicyclic) bond motifs is 9. The van der Waals surface area contributed by atoms with Gasteiger partial charge in [-0.1, -0.05) is 70.1 Å². The molecule has 20 rings (SSSR count). The minimum absolute atomic E-state index is 0. The molecule has 3 aromatic carbocycles. The van der Waals surface area contributed by atoms with Crippen LogP contribution in [-0.4, -0.2) is 201 Å². The van der Waals surface area contributed by atoms with Gasteiger partial charge in [0.25, 0.3) is 11.8 Å². The number of hydrogen-bond donors (Lipinski definition) is 5. The van der Waals surface area contributed by atoms with E-state index in [1.165, 1.54) is 23.0 Å². The van der Waals surface area contributed by atoms with Gasteiger partial charge in [0.15, 0.2) is 63.9 Å². The van der Waals surface area contributed by atoms with E-state index in [0.29, 0.717) is 160 Å². The standard InChI is InChI=1S/C29H29N7O6.C25H22N6O6.C24H21N7O5.C4H9NO.ClH.4H2/c37-28(31-20-10-12-38-15-20)18-8-9-19(30-14-18)16-41-29-23-6-2-1-5-22(23)26-32-33-27(36(26)34-29)24-13-21(42-35-24)17-40-25-7-3-4-11-39-25;32-25(33)15-8-9-16(26-12-15)13-36-24-19-6-2-1-5-18(19)22-27-28-23(31(22)29-24)20-11-17(37-30-20)14-35-21-7-3-4-10-34-21;32-11-17-9-20(30-36-17)22-28-27-21-18-3-1-2-4-19(18)24(29-31(21)22)35-13-15-6-5-14(10-25-15)23(33)26-16-7-8-34-12-16;5-4-1-2-6-3-4;;;;;/h1-2,5-6,8-9,13-14,20,25H,3-4,7,10-12,15-17H2,(H,31,37);1-2,5-6,8-9,11-12,21H,3-4,7,10,13-14H2,(H,32,33);1-6,9-10,16,32H,7-8,11-13H2,(H,26,33);4H,1-3,5H2;5*1H/i;;;;;3*1+1D;1+1. The number of benzene rings is 3. The molecule has 15 aromatic rings. The van der Waals surface area contributed by atoms with Crippen LogP contribution in [0.25, 0.3) is 83.8 Å². The molecule has 0 saturated carbocycles. The molecule has 5 saturated heterocycles. The Bertz CT molecular complexity index is 6120. The highest BCUT2D eigenvalue weighted by Crippen LogP contribution is 2.34. The lowest BCUT2D eigenvalue weighted by Gasteiger charge is -2.21. The second-order valence-electron chi connectivity index (χ2n) is 28.7. The van der Waals surface area contributed by atoms with Crippen LogP contribution in [0.3, 0.4) is 0 Å². The molecular weight excluding hydrogens is 1600 g/mol. The lowest BCUT2D eigenvalue weighted by atomic mass is 10.2. The van der Waals surface area contributed by atoms with Gasteiger partial charge in [0.2, 0.25) is 35.1 Å². The van der Waals surface area contributed by atoms with E-state index < -0.39 is 5.97 Å². The molecular formula is C82H90ClN21O18. The third-order valence-corrected chi connectivity index (χ3v) is 20.1. The number of nitrogens with one attached hydrogen (secondary N) is 2. The van der Waals surface area contributed by atoms with Crippen molar-refractivity contribution in [3.8, 4) is 52.2 Å². The van der Waals surface area contributed by atoms with E-state index in [2.05, 4.69) is 81.8 Å². The fourth-order valence-corrected chi connectivity index (χ4v) is 13.7. The second-order valence-corrected chi connectivity index (χ2v) is 28.7. The topological polar surface area (TPSA) is 480 Å². The smallest absolute Gasteiger partial charge is 0.337 e. The van der Waals surface area contributed by atoms with E-state index in [4.69, 9.17) is 85.8 Å². The number of carbonyl (C=O) groups excluding carboxylic acids is 2. The van der Waals surface area contributed by atoms with E-state index in [9.17, 15) is 19.5 Å². The maximum Gasteiger partial charge on any atom is 0.337 e. The zero-order valence-electron chi connectivity index (χ0n) is 71.5. The summed E-state index contributed by atoms with van der Waals surface area (Å²) in [5.74, 6) is 2.22. The Morgan fingerprint density at radius 2 is 0.828 bits per heavy atom. The Balaban J connectivity index is 0.000000164. The molecule has 0 radical (unpaired) electrons. The molecule has 5 aliphatic heterocycles. The number of ether oxygens (including phenoxy) is 10. The van der Waals surface area contributed by atoms with Gasteiger partial charge >= 0.3 is 5.97 Å². The summed E-state index contributed by atoms with van der Waals surface area (Å²) in [5.41, 5.74) is 11.2. The van der Waals surface area contributed by atoms with Crippen LogP contribution < -0.4 is 30.6 Å². The Hall–Kier alpha value is -13.1. The largest absolute Gasteiger partial charge is 0.478 e. The van der Waals surface area contributed by atoms with Crippen molar-refractivity contribution in [1.82, 2.24) is 100 Å². The summed E-state index contributed by atoms with van der Waals surface area (Å²) >= 11 is 0. The van der Waals surface area contributed by atoms with Gasteiger partial charge in [-0.05, 0) is 112 Å². The number of aromatic nitrogens is 18. The summed E-state index contributed by atoms with van der Waals surface area (Å²) in [6.07, 6.45) is 12.5. The van der Waals surface area contributed by atoms with Crippen molar-refractivity contribution < 1.29 is 95.9 Å². The third-order valence-electron chi connectivity index (χ3n) is 20.1. The zero-order valence-corrected chi connectivity index (χ0v) is 66.3. The predicted octanol–water partition coefficient (Wildman–Crippen LogP) is 10.2. The number of rotatable bonds is 24. The minimum atomic E-state index is -1.04. The molecule has 0 spiro atoms. The Labute approximate surface area is 708 Å². The number of halogens is 1. The normalized spacial score (nSPS) is 17.8. The van der Waals surface area contributed by atoms with Crippen molar-refractivity contribution in [2.75, 3.05) is 52.9 Å². The second kappa shape index (κ2) is 39.0. The average molecular weight is 1700 g/mol. The Morgan fingerprint density at radius 1 is 0.451 bits per heavy atom. The summed E-state index contributed by atoms with van der Waals surface area (Å²) in [6.45, 7) is 5.98. The van der Waals surface area contributed by atoms with Gasteiger partial charge in [-0.3, -0.25) is 24.5 Å². The molecule has 6 N–H and O–H groups in total. The van der Waals surface area contributed by atoms with Crippen LogP contribution in [0.15, 0.2) is 160 Å². The number of aliphatic hydroxyl groups is 1. The quantitative estimate of drug-likeness (QED) is 0.0375. The third kappa shape index (κ3) is 19.5. The molecule has 40 heteroatoms. The molecule has 12 aromatic heterocycles. The summed E-state index contributed by atoms with van der Waals surface area (Å²) in [6, 6.07) is 38.3. The number of aliphatic hydroxyl groups excluding tert-OH is 1. The van der Waals surface area contributed by atoms with Crippen LogP contribution >= 0.6 is 12.4 Å². The monoisotopic (exact) mass is 1700 g/mol. The lowest BCUT2D eigenvalue weighted by molar-refractivity contribution is -0.171. The van der Waals surface area contributed by atoms with Gasteiger partial charge in [0.1, 0.15) is 39.6 Å².